The lowest BCUT2D eigenvalue weighted by molar-refractivity contribution is 0.0356. The molecule has 0 fully saturated rings. The van der Waals surface area contributed by atoms with Gasteiger partial charge in [0.1, 0.15) is 0 Å². The lowest BCUT2D eigenvalue weighted by Crippen LogP contribution is -2.27. The van der Waals surface area contributed by atoms with Crippen molar-refractivity contribution in [3.8, 4) is 0 Å². The van der Waals surface area contributed by atoms with Crippen LogP contribution in [0, 0.1) is 11.8 Å². The van der Waals surface area contributed by atoms with Gasteiger partial charge in [0, 0.05) is 12.5 Å². The Hall–Kier alpha value is -0.0800. The zero-order valence-corrected chi connectivity index (χ0v) is 7.04. The molecular weight excluding hydrogens is 128 g/mol. The zero-order valence-electron chi connectivity index (χ0n) is 7.04. The third-order valence-corrected chi connectivity index (χ3v) is 2.10. The van der Waals surface area contributed by atoms with Gasteiger partial charge in [0.15, 0.2) is 0 Å². The molecule has 0 amide bonds. The zero-order chi connectivity index (χ0) is 8.15. The highest BCUT2D eigenvalue weighted by Crippen LogP contribution is 2.14. The summed E-state index contributed by atoms with van der Waals surface area (Å²) in [4.78, 5) is 0. The predicted octanol–water partition coefficient (Wildman–Crippen LogP) is 1.02. The van der Waals surface area contributed by atoms with Crippen molar-refractivity contribution in [2.75, 3.05) is 6.61 Å². The summed E-state index contributed by atoms with van der Waals surface area (Å²) in [7, 11) is 0. The molecule has 3 atom stereocenters. The summed E-state index contributed by atoms with van der Waals surface area (Å²) >= 11 is 0. The normalized spacial score (nSPS) is 20.1. The van der Waals surface area contributed by atoms with Crippen molar-refractivity contribution in [1.82, 2.24) is 0 Å². The van der Waals surface area contributed by atoms with Gasteiger partial charge in [-0.25, -0.2) is 0 Å². The van der Waals surface area contributed by atoms with E-state index >= 15 is 0 Å². The number of hydrogen-bond donors (Lipinski definition) is 2. The summed E-state index contributed by atoms with van der Waals surface area (Å²) in [5, 5.41) is 18.1. The minimum Gasteiger partial charge on any atom is -0.396 e. The molecule has 10 heavy (non-hydrogen) atoms. The van der Waals surface area contributed by atoms with E-state index < -0.39 is 0 Å². The van der Waals surface area contributed by atoms with E-state index in [-0.39, 0.29) is 18.6 Å². The monoisotopic (exact) mass is 146 g/mol. The Morgan fingerprint density at radius 2 is 1.70 bits per heavy atom. The van der Waals surface area contributed by atoms with Crippen molar-refractivity contribution in [2.24, 2.45) is 11.8 Å². The van der Waals surface area contributed by atoms with Crippen LogP contribution in [0.25, 0.3) is 0 Å². The van der Waals surface area contributed by atoms with Crippen LogP contribution in [0.15, 0.2) is 0 Å². The van der Waals surface area contributed by atoms with Gasteiger partial charge < -0.3 is 10.2 Å². The number of hydrogen-bond acceptors (Lipinski definition) is 2. The molecule has 2 nitrogen and oxygen atoms in total. The highest BCUT2D eigenvalue weighted by molar-refractivity contribution is 4.68. The van der Waals surface area contributed by atoms with E-state index in [1.165, 1.54) is 0 Å². The molecule has 0 saturated carbocycles. The Labute approximate surface area is 62.9 Å². The molecule has 0 aromatic carbocycles. The number of rotatable bonds is 4. The van der Waals surface area contributed by atoms with Gasteiger partial charge in [-0.3, -0.25) is 0 Å². The largest absolute Gasteiger partial charge is 0.396 e. The molecule has 0 bridgehead atoms. The summed E-state index contributed by atoms with van der Waals surface area (Å²) in [5.41, 5.74) is 0. The summed E-state index contributed by atoms with van der Waals surface area (Å²) < 4.78 is 0. The fraction of sp³-hybridized carbons (Fsp3) is 1.00. The van der Waals surface area contributed by atoms with Crippen LogP contribution >= 0.6 is 0 Å². The van der Waals surface area contributed by atoms with Crippen LogP contribution < -0.4 is 0 Å². The smallest absolute Gasteiger partial charge is 0.0613 e. The van der Waals surface area contributed by atoms with Crippen LogP contribution in [-0.2, 0) is 0 Å². The summed E-state index contributed by atoms with van der Waals surface area (Å²) in [6.07, 6.45) is 0.612. The molecule has 3 unspecified atom stereocenters. The molecule has 0 aliphatic rings. The lowest BCUT2D eigenvalue weighted by Gasteiger charge is -2.21. The topological polar surface area (TPSA) is 40.5 Å². The van der Waals surface area contributed by atoms with Gasteiger partial charge in [-0.2, -0.15) is 0 Å². The first-order chi connectivity index (χ1) is 4.63. The minimum absolute atomic E-state index is 0.00921. The lowest BCUT2D eigenvalue weighted by atomic mass is 9.92. The summed E-state index contributed by atoms with van der Waals surface area (Å²) in [6.45, 7) is 5.97. The molecular formula is C8H18O2. The first-order valence-electron chi connectivity index (χ1n) is 3.92. The highest BCUT2D eigenvalue weighted by atomic mass is 16.3. The molecule has 0 heterocycles. The first-order valence-corrected chi connectivity index (χ1v) is 3.92. The molecule has 2 N–H and O–H groups in total. The van der Waals surface area contributed by atoms with Crippen LogP contribution in [0.3, 0.4) is 0 Å². The van der Waals surface area contributed by atoms with E-state index in [2.05, 4.69) is 0 Å². The summed E-state index contributed by atoms with van der Waals surface area (Å²) in [6, 6.07) is 0. The molecule has 0 aliphatic heterocycles. The van der Waals surface area contributed by atoms with E-state index in [9.17, 15) is 5.11 Å². The minimum atomic E-state index is -0.352. The van der Waals surface area contributed by atoms with Crippen molar-refractivity contribution < 1.29 is 10.2 Å². The first kappa shape index (κ1) is 9.92. The number of aliphatic hydroxyl groups is 2. The van der Waals surface area contributed by atoms with E-state index in [1.54, 1.807) is 0 Å². The molecule has 62 valence electrons. The van der Waals surface area contributed by atoms with Gasteiger partial charge in [-0.1, -0.05) is 27.2 Å². The van der Waals surface area contributed by atoms with Crippen molar-refractivity contribution in [2.45, 2.75) is 33.3 Å². The Morgan fingerprint density at radius 1 is 1.20 bits per heavy atom. The fourth-order valence-corrected chi connectivity index (χ4v) is 0.910. The van der Waals surface area contributed by atoms with Gasteiger partial charge in [-0.15, -0.1) is 0 Å². The molecule has 0 saturated heterocycles. The van der Waals surface area contributed by atoms with Gasteiger partial charge in [0.25, 0.3) is 0 Å². The van der Waals surface area contributed by atoms with E-state index in [0.29, 0.717) is 5.92 Å². The molecule has 0 aromatic rings. The van der Waals surface area contributed by atoms with Crippen molar-refractivity contribution in [1.29, 1.82) is 0 Å². The van der Waals surface area contributed by atoms with Crippen LogP contribution in [0.2, 0.25) is 0 Å². The Kier molecular flexibility index (Phi) is 4.65. The Morgan fingerprint density at radius 3 is 2.00 bits per heavy atom. The third kappa shape index (κ3) is 2.67. The average molecular weight is 146 g/mol. The molecule has 0 aromatic heterocycles. The van der Waals surface area contributed by atoms with Gasteiger partial charge in [-0.05, 0) is 5.92 Å². The second-order valence-corrected chi connectivity index (χ2v) is 3.04. The molecule has 0 spiro atoms. The van der Waals surface area contributed by atoms with Gasteiger partial charge >= 0.3 is 0 Å². The van der Waals surface area contributed by atoms with Crippen LogP contribution in [0.4, 0.5) is 0 Å². The Bertz CT molecular complexity index is 73.3. The number of aliphatic hydroxyl groups excluding tert-OH is 2. The Balaban J connectivity index is 3.69. The highest BCUT2D eigenvalue weighted by Gasteiger charge is 2.18. The van der Waals surface area contributed by atoms with Crippen LogP contribution in [-0.4, -0.2) is 22.9 Å². The maximum Gasteiger partial charge on any atom is 0.0613 e. The maximum absolute atomic E-state index is 9.43. The SMILES string of the molecule is CCC(C)C(O)C(C)CO. The fourth-order valence-electron chi connectivity index (χ4n) is 0.910. The second kappa shape index (κ2) is 4.69. The molecule has 0 radical (unpaired) electrons. The van der Waals surface area contributed by atoms with Gasteiger partial charge in [0.05, 0.1) is 6.10 Å². The molecule has 2 heteroatoms. The molecule has 0 rings (SSSR count). The van der Waals surface area contributed by atoms with Crippen molar-refractivity contribution >= 4 is 0 Å². The molecule has 0 aliphatic carbocycles. The standard InChI is InChI=1S/C8H18O2/c1-4-6(2)8(10)7(3)5-9/h6-10H,4-5H2,1-3H3. The second-order valence-electron chi connectivity index (χ2n) is 3.04. The van der Waals surface area contributed by atoms with Crippen LogP contribution in [0.5, 0.6) is 0 Å². The maximum atomic E-state index is 9.43. The van der Waals surface area contributed by atoms with Crippen molar-refractivity contribution in [3.05, 3.63) is 0 Å². The summed E-state index contributed by atoms with van der Waals surface area (Å²) in [5.74, 6) is 0.303. The van der Waals surface area contributed by atoms with E-state index in [1.807, 2.05) is 20.8 Å². The van der Waals surface area contributed by atoms with Crippen LogP contribution in [0.1, 0.15) is 27.2 Å². The van der Waals surface area contributed by atoms with E-state index in [4.69, 9.17) is 5.11 Å². The van der Waals surface area contributed by atoms with Gasteiger partial charge in [0.2, 0.25) is 0 Å². The third-order valence-electron chi connectivity index (χ3n) is 2.10. The van der Waals surface area contributed by atoms with E-state index in [0.717, 1.165) is 6.42 Å². The average Bonchev–Trinajstić information content (AvgIpc) is 2.00. The predicted molar refractivity (Wildman–Crippen MR) is 41.7 cm³/mol. The quantitative estimate of drug-likeness (QED) is 0.621. The van der Waals surface area contributed by atoms with Crippen molar-refractivity contribution in [3.63, 3.8) is 0 Å².